The molecule has 0 heterocycles. The highest BCUT2D eigenvalue weighted by atomic mass is 16.2. The summed E-state index contributed by atoms with van der Waals surface area (Å²) < 4.78 is 0. The minimum atomic E-state index is -0.258. The number of nitrogens with zero attached hydrogens (tertiary/aromatic N) is 4. The van der Waals surface area contributed by atoms with Crippen LogP contribution in [0.25, 0.3) is 0 Å². The number of nitrogens with two attached hydrogens (primary N) is 8. The molecule has 298 valence electrons. The number of anilines is 2. The first-order valence-corrected chi connectivity index (χ1v) is 17.8. The lowest BCUT2D eigenvalue weighted by Gasteiger charge is -2.19. The molecule has 0 saturated carbocycles. The average Bonchev–Trinajstić information content (AvgIpc) is 3.11. The summed E-state index contributed by atoms with van der Waals surface area (Å²) in [4.78, 5) is 25.7. The van der Waals surface area contributed by atoms with Crippen molar-refractivity contribution in [1.29, 1.82) is 0 Å². The highest BCUT2D eigenvalue weighted by Gasteiger charge is 2.15. The van der Waals surface area contributed by atoms with Crippen LogP contribution in [0.15, 0.2) is 56.8 Å². The third kappa shape index (κ3) is 17.2. The number of benzene rings is 2. The van der Waals surface area contributed by atoms with Crippen LogP contribution in [0.4, 0.5) is 11.4 Å². The average molecular weight is 753 g/mol. The Kier molecular flexibility index (Phi) is 18.3. The molecule has 2 aromatic carbocycles. The maximum Gasteiger partial charge on any atom is 0.224 e. The zero-order valence-electron chi connectivity index (χ0n) is 31.7. The molecule has 20 heteroatoms. The van der Waals surface area contributed by atoms with Crippen LogP contribution in [0.5, 0.6) is 0 Å². The fraction of sp³-hybridized carbons (Fsp3) is 0.471. The number of unbranched alkanes of at least 4 members (excludes halogenated alkanes) is 5. The Bertz CT molecular complexity index is 1420. The monoisotopic (exact) mass is 753 g/mol. The van der Waals surface area contributed by atoms with Crippen LogP contribution in [0, 0.1) is 0 Å². The van der Waals surface area contributed by atoms with E-state index in [1.807, 2.05) is 64.1 Å². The van der Waals surface area contributed by atoms with Crippen LogP contribution in [0.1, 0.15) is 125 Å². The van der Waals surface area contributed by atoms with Gasteiger partial charge in [0.05, 0.1) is 24.2 Å². The molecule has 0 saturated heterocycles. The molecule has 22 N–H and O–H groups in total. The summed E-state index contributed by atoms with van der Waals surface area (Å²) in [7, 11) is 0. The van der Waals surface area contributed by atoms with Gasteiger partial charge in [0, 0.05) is 24.2 Å². The molecule has 0 bridgehead atoms. The lowest BCUT2D eigenvalue weighted by atomic mass is 10.0. The van der Waals surface area contributed by atoms with Crippen LogP contribution in [0.2, 0.25) is 0 Å². The Hall–Kier alpha value is -6.34. The zero-order valence-corrected chi connectivity index (χ0v) is 31.7. The van der Waals surface area contributed by atoms with Crippen molar-refractivity contribution >= 4 is 47.0 Å². The standard InChI is InChI=1S/C34H60N18O2/c1-19(45-49-31(35)36)23-13-24(20(2)46-50-32(37)38)16-27(15-23)43-29(53)11-9-7-5-6-8-10-12-30(54)44-28-17-25(21(3)47-51-33(39)40)14-26(18-28)22(4)48-52-34(41)42/h13-22,45-48H,5-12H2,1-4H3,(H,43,53)(H,44,54)(H4,35,36,49)(H4,37,38,50)(H4,39,40,51)(H4,41,42,52). The summed E-state index contributed by atoms with van der Waals surface area (Å²) in [6.07, 6.45) is 5.87. The molecule has 2 aromatic rings. The van der Waals surface area contributed by atoms with Crippen LogP contribution < -0.4 is 78.2 Å². The van der Waals surface area contributed by atoms with E-state index in [0.717, 1.165) is 60.8 Å². The quantitative estimate of drug-likeness (QED) is 0.0322. The van der Waals surface area contributed by atoms with Crippen LogP contribution in [0.3, 0.4) is 0 Å². The molecule has 0 aliphatic carbocycles. The predicted octanol–water partition coefficient (Wildman–Crippen LogP) is 0.741. The Morgan fingerprint density at radius 3 is 0.926 bits per heavy atom. The second-order valence-corrected chi connectivity index (χ2v) is 13.0. The van der Waals surface area contributed by atoms with Crippen molar-refractivity contribution in [3.8, 4) is 0 Å². The molecule has 0 aliphatic heterocycles. The number of rotatable bonds is 23. The van der Waals surface area contributed by atoms with Gasteiger partial charge in [-0.15, -0.1) is 20.4 Å². The fourth-order valence-electron chi connectivity index (χ4n) is 5.21. The van der Waals surface area contributed by atoms with Gasteiger partial charge in [0.25, 0.3) is 0 Å². The van der Waals surface area contributed by atoms with E-state index in [1.54, 1.807) is 0 Å². The van der Waals surface area contributed by atoms with Crippen LogP contribution >= 0.6 is 0 Å². The van der Waals surface area contributed by atoms with Gasteiger partial charge in [-0.25, -0.2) is 0 Å². The highest BCUT2D eigenvalue weighted by molar-refractivity contribution is 5.91. The lowest BCUT2D eigenvalue weighted by molar-refractivity contribution is -0.117. The van der Waals surface area contributed by atoms with Gasteiger partial charge in [0.15, 0.2) is 0 Å². The number of nitrogens with one attached hydrogen (secondary N) is 6. The predicted molar refractivity (Wildman–Crippen MR) is 217 cm³/mol. The van der Waals surface area contributed by atoms with Crippen LogP contribution in [-0.2, 0) is 9.59 Å². The number of hydrazone groups is 4. The molecular weight excluding hydrogens is 692 g/mol. The molecule has 54 heavy (non-hydrogen) atoms. The van der Waals surface area contributed by atoms with E-state index in [4.69, 9.17) is 45.9 Å². The maximum atomic E-state index is 12.9. The van der Waals surface area contributed by atoms with Gasteiger partial charge in [0.1, 0.15) is 0 Å². The normalized spacial score (nSPS) is 12.7. The van der Waals surface area contributed by atoms with Gasteiger partial charge in [-0.1, -0.05) is 37.8 Å². The van der Waals surface area contributed by atoms with Gasteiger partial charge in [-0.05, 0) is 87.1 Å². The lowest BCUT2D eigenvalue weighted by Crippen LogP contribution is -2.28. The number of carbonyl (C=O) groups excluding carboxylic acids is 2. The van der Waals surface area contributed by atoms with E-state index < -0.39 is 0 Å². The van der Waals surface area contributed by atoms with E-state index >= 15 is 0 Å². The number of carbonyl (C=O) groups is 2. The summed E-state index contributed by atoms with van der Waals surface area (Å²) in [5.41, 5.74) is 59.9. The van der Waals surface area contributed by atoms with Gasteiger partial charge in [0.2, 0.25) is 35.7 Å². The Balaban J connectivity index is 1.86. The fourth-order valence-corrected chi connectivity index (χ4v) is 5.21. The molecule has 0 radical (unpaired) electrons. The SMILES string of the molecule is CC(NN=C(N)N)c1cc(NC(=O)CCCCCCCCC(=O)Nc2cc(C(C)NN=C(N)N)cc(C(C)NN=C(N)N)c2)cc(C(C)NN=C(N)N)c1. The molecule has 0 aromatic heterocycles. The number of amides is 2. The zero-order chi connectivity index (χ0) is 40.2. The van der Waals surface area contributed by atoms with Gasteiger partial charge in [-0.3, -0.25) is 31.3 Å². The third-order valence-corrected chi connectivity index (χ3v) is 8.13. The summed E-state index contributed by atoms with van der Waals surface area (Å²) in [6.45, 7) is 7.56. The Morgan fingerprint density at radius 1 is 0.444 bits per heavy atom. The van der Waals surface area contributed by atoms with E-state index in [1.165, 1.54) is 0 Å². The van der Waals surface area contributed by atoms with Crippen molar-refractivity contribution < 1.29 is 9.59 Å². The first-order chi connectivity index (χ1) is 25.5. The number of guanidine groups is 4. The highest BCUT2D eigenvalue weighted by Crippen LogP contribution is 2.26. The van der Waals surface area contributed by atoms with E-state index in [2.05, 4.69) is 52.7 Å². The van der Waals surface area contributed by atoms with Gasteiger partial charge in [-0.2, -0.15) is 0 Å². The first-order valence-electron chi connectivity index (χ1n) is 17.8. The molecule has 2 rings (SSSR count). The molecule has 0 aliphatic rings. The topological polar surface area (TPSA) is 364 Å². The third-order valence-electron chi connectivity index (χ3n) is 8.13. The first kappa shape index (κ1) is 43.8. The molecule has 20 nitrogen and oxygen atoms in total. The number of hydrogen-bond donors (Lipinski definition) is 14. The Labute approximate surface area is 316 Å². The second kappa shape index (κ2) is 22.6. The molecular formula is C34H60N18O2. The summed E-state index contributed by atoms with van der Waals surface area (Å²) in [6, 6.07) is 10.3. The van der Waals surface area contributed by atoms with E-state index in [0.29, 0.717) is 24.2 Å². The second-order valence-electron chi connectivity index (χ2n) is 13.0. The van der Waals surface area contributed by atoms with Gasteiger partial charge >= 0.3 is 0 Å². The van der Waals surface area contributed by atoms with E-state index in [-0.39, 0.29) is 59.8 Å². The molecule has 4 atom stereocenters. The van der Waals surface area contributed by atoms with Crippen molar-refractivity contribution in [1.82, 2.24) is 21.7 Å². The van der Waals surface area contributed by atoms with Crippen molar-refractivity contribution in [3.05, 3.63) is 58.7 Å². The molecule has 0 spiro atoms. The summed E-state index contributed by atoms with van der Waals surface area (Å²) in [5, 5.41) is 21.5. The molecule has 4 unspecified atom stereocenters. The molecule has 2 amide bonds. The van der Waals surface area contributed by atoms with Crippen molar-refractivity contribution in [2.45, 2.75) is 103 Å². The maximum absolute atomic E-state index is 12.9. The van der Waals surface area contributed by atoms with Crippen molar-refractivity contribution in [2.24, 2.45) is 66.3 Å². The minimum Gasteiger partial charge on any atom is -0.369 e. The van der Waals surface area contributed by atoms with Crippen LogP contribution in [-0.4, -0.2) is 35.7 Å². The Morgan fingerprint density at radius 2 is 0.685 bits per heavy atom. The largest absolute Gasteiger partial charge is 0.369 e. The molecule has 0 fully saturated rings. The van der Waals surface area contributed by atoms with Crippen molar-refractivity contribution in [2.75, 3.05) is 10.6 Å². The van der Waals surface area contributed by atoms with E-state index in [9.17, 15) is 9.59 Å². The van der Waals surface area contributed by atoms with Gasteiger partial charge < -0.3 is 56.5 Å². The smallest absolute Gasteiger partial charge is 0.224 e. The summed E-state index contributed by atoms with van der Waals surface area (Å²) >= 11 is 0. The number of hydrogen-bond acceptors (Lipinski definition) is 10. The minimum absolute atomic E-state index is 0.0945. The van der Waals surface area contributed by atoms with Crippen molar-refractivity contribution in [3.63, 3.8) is 0 Å². The summed E-state index contributed by atoms with van der Waals surface area (Å²) in [5.74, 6) is -0.573.